The van der Waals surface area contributed by atoms with E-state index in [2.05, 4.69) is 10.3 Å². The lowest BCUT2D eigenvalue weighted by atomic mass is 10.1. The summed E-state index contributed by atoms with van der Waals surface area (Å²) in [5.74, 6) is -0.0333. The van der Waals surface area contributed by atoms with Crippen LogP contribution in [0.2, 0.25) is 0 Å². The Bertz CT molecular complexity index is 716. The first-order valence-corrected chi connectivity index (χ1v) is 8.17. The predicted octanol–water partition coefficient (Wildman–Crippen LogP) is 2.88. The van der Waals surface area contributed by atoms with Gasteiger partial charge in [0.05, 0.1) is 12.2 Å². The zero-order valence-corrected chi connectivity index (χ0v) is 14.9. The van der Waals surface area contributed by atoms with Gasteiger partial charge in [-0.25, -0.2) is 4.79 Å². The van der Waals surface area contributed by atoms with Gasteiger partial charge in [-0.2, -0.15) is 0 Å². The summed E-state index contributed by atoms with van der Waals surface area (Å²) in [6.45, 7) is 3.24. The van der Waals surface area contributed by atoms with Gasteiger partial charge in [0.1, 0.15) is 0 Å². The number of anilines is 1. The van der Waals surface area contributed by atoms with Crippen LogP contribution in [0.3, 0.4) is 0 Å². The minimum absolute atomic E-state index is 0.0333. The van der Waals surface area contributed by atoms with Crippen LogP contribution in [0.4, 0.5) is 10.5 Å². The summed E-state index contributed by atoms with van der Waals surface area (Å²) in [6.07, 6.45) is 1.72. The minimum Gasteiger partial charge on any atom is -0.317 e. The molecule has 0 aliphatic heterocycles. The highest BCUT2D eigenvalue weighted by Crippen LogP contribution is 2.13. The van der Waals surface area contributed by atoms with Crippen molar-refractivity contribution in [3.63, 3.8) is 0 Å². The average molecular weight is 340 g/mol. The molecule has 1 aromatic carbocycles. The van der Waals surface area contributed by atoms with E-state index in [1.807, 2.05) is 37.2 Å². The molecule has 6 heteroatoms. The molecule has 0 saturated carbocycles. The van der Waals surface area contributed by atoms with Gasteiger partial charge in [0.2, 0.25) is 0 Å². The number of pyridine rings is 1. The van der Waals surface area contributed by atoms with Gasteiger partial charge >= 0.3 is 6.03 Å². The van der Waals surface area contributed by atoms with Crippen LogP contribution in [0.5, 0.6) is 0 Å². The van der Waals surface area contributed by atoms with Crippen molar-refractivity contribution in [2.75, 3.05) is 32.5 Å². The Kier molecular flexibility index (Phi) is 6.65. The second-order valence-corrected chi connectivity index (χ2v) is 6.11. The van der Waals surface area contributed by atoms with E-state index in [9.17, 15) is 9.59 Å². The van der Waals surface area contributed by atoms with Crippen LogP contribution >= 0.6 is 0 Å². The first-order chi connectivity index (χ1) is 12.0. The third kappa shape index (κ3) is 6.00. The maximum Gasteiger partial charge on any atom is 0.322 e. The normalized spacial score (nSPS) is 10.6. The number of rotatable bonds is 7. The van der Waals surface area contributed by atoms with Crippen LogP contribution in [-0.2, 0) is 6.54 Å². The molecule has 2 aromatic rings. The molecule has 6 nitrogen and oxygen atoms in total. The molecule has 0 atom stereocenters. The molecule has 0 aliphatic carbocycles. The summed E-state index contributed by atoms with van der Waals surface area (Å²) in [5.41, 5.74) is 2.00. The number of Topliss-reactive ketones (excluding diaryl/α,β-unsaturated/α-hetero) is 1. The Morgan fingerprint density at radius 3 is 2.52 bits per heavy atom. The molecule has 1 N–H and O–H groups in total. The topological polar surface area (TPSA) is 65.5 Å². The van der Waals surface area contributed by atoms with Gasteiger partial charge in [-0.1, -0.05) is 18.2 Å². The summed E-state index contributed by atoms with van der Waals surface area (Å²) >= 11 is 0. The Hall–Kier alpha value is -2.73. The molecule has 132 valence electrons. The van der Waals surface area contributed by atoms with Crippen molar-refractivity contribution < 1.29 is 9.59 Å². The van der Waals surface area contributed by atoms with Gasteiger partial charge in [-0.3, -0.25) is 9.78 Å². The molecule has 1 aromatic heterocycles. The van der Waals surface area contributed by atoms with Gasteiger partial charge in [0, 0.05) is 30.5 Å². The third-order valence-electron chi connectivity index (χ3n) is 3.70. The molecule has 0 saturated heterocycles. The van der Waals surface area contributed by atoms with Crippen LogP contribution in [-0.4, -0.2) is 53.8 Å². The van der Waals surface area contributed by atoms with Gasteiger partial charge in [-0.15, -0.1) is 0 Å². The van der Waals surface area contributed by atoms with E-state index in [4.69, 9.17) is 0 Å². The SMILES string of the molecule is CC(=O)c1cccc(NC(=O)N(CCN(C)C)Cc2ccccn2)c1. The number of hydrogen-bond acceptors (Lipinski definition) is 4. The van der Waals surface area contributed by atoms with Gasteiger partial charge in [0.25, 0.3) is 0 Å². The molecule has 0 aliphatic rings. The zero-order valence-electron chi connectivity index (χ0n) is 14.9. The lowest BCUT2D eigenvalue weighted by molar-refractivity contribution is 0.101. The number of benzene rings is 1. The zero-order chi connectivity index (χ0) is 18.2. The maximum absolute atomic E-state index is 12.7. The number of nitrogens with one attached hydrogen (secondary N) is 1. The number of ketones is 1. The number of nitrogens with zero attached hydrogens (tertiary/aromatic N) is 3. The predicted molar refractivity (Wildman–Crippen MR) is 98.7 cm³/mol. The smallest absolute Gasteiger partial charge is 0.317 e. The minimum atomic E-state index is -0.215. The third-order valence-corrected chi connectivity index (χ3v) is 3.70. The number of carbonyl (C=O) groups excluding carboxylic acids is 2. The van der Waals surface area contributed by atoms with Gasteiger partial charge in [0.15, 0.2) is 5.78 Å². The monoisotopic (exact) mass is 340 g/mol. The van der Waals surface area contributed by atoms with Crippen molar-refractivity contribution in [1.82, 2.24) is 14.8 Å². The second kappa shape index (κ2) is 8.94. The molecule has 0 bridgehead atoms. The highest BCUT2D eigenvalue weighted by atomic mass is 16.2. The summed E-state index contributed by atoms with van der Waals surface area (Å²) < 4.78 is 0. The van der Waals surface area contributed by atoms with Crippen molar-refractivity contribution in [3.8, 4) is 0 Å². The first kappa shape index (κ1) is 18.6. The number of urea groups is 1. The molecule has 0 spiro atoms. The number of aromatic nitrogens is 1. The molecule has 1 heterocycles. The highest BCUT2D eigenvalue weighted by Gasteiger charge is 2.15. The van der Waals surface area contributed by atoms with Crippen molar-refractivity contribution in [3.05, 3.63) is 59.9 Å². The fraction of sp³-hybridized carbons (Fsp3) is 0.316. The lowest BCUT2D eigenvalue weighted by Gasteiger charge is -2.24. The van der Waals surface area contributed by atoms with E-state index in [1.54, 1.807) is 35.4 Å². The maximum atomic E-state index is 12.7. The molecule has 0 unspecified atom stereocenters. The van der Waals surface area contributed by atoms with Crippen molar-refractivity contribution in [1.29, 1.82) is 0 Å². The number of hydrogen-bond donors (Lipinski definition) is 1. The molecular formula is C19H24N4O2. The summed E-state index contributed by atoms with van der Waals surface area (Å²) in [5, 5.41) is 2.87. The van der Waals surface area contributed by atoms with E-state index < -0.39 is 0 Å². The quantitative estimate of drug-likeness (QED) is 0.787. The molecule has 25 heavy (non-hydrogen) atoms. The average Bonchev–Trinajstić information content (AvgIpc) is 2.59. The van der Waals surface area contributed by atoms with Crippen molar-refractivity contribution in [2.45, 2.75) is 13.5 Å². The molecule has 2 rings (SSSR count). The van der Waals surface area contributed by atoms with E-state index in [-0.39, 0.29) is 11.8 Å². The molecule has 0 fully saturated rings. The summed E-state index contributed by atoms with van der Waals surface area (Å²) in [7, 11) is 3.93. The molecule has 2 amide bonds. The number of carbonyl (C=O) groups is 2. The largest absolute Gasteiger partial charge is 0.322 e. The summed E-state index contributed by atoms with van der Waals surface area (Å²) in [4.78, 5) is 32.2. The molecular weight excluding hydrogens is 316 g/mol. The van der Waals surface area contributed by atoms with Crippen LogP contribution in [0, 0.1) is 0 Å². The van der Waals surface area contributed by atoms with Gasteiger partial charge < -0.3 is 15.1 Å². The Balaban J connectivity index is 2.11. The highest BCUT2D eigenvalue weighted by molar-refractivity contribution is 5.96. The van der Waals surface area contributed by atoms with Crippen LogP contribution in [0.1, 0.15) is 23.0 Å². The number of amides is 2. The van der Waals surface area contributed by atoms with Crippen molar-refractivity contribution in [2.24, 2.45) is 0 Å². The Labute approximate surface area is 148 Å². The number of likely N-dealkylation sites (N-methyl/N-ethyl adjacent to an activating group) is 1. The van der Waals surface area contributed by atoms with Gasteiger partial charge in [-0.05, 0) is 45.3 Å². The van der Waals surface area contributed by atoms with Crippen molar-refractivity contribution >= 4 is 17.5 Å². The fourth-order valence-electron chi connectivity index (χ4n) is 2.28. The Morgan fingerprint density at radius 1 is 1.08 bits per heavy atom. The second-order valence-electron chi connectivity index (χ2n) is 6.11. The summed E-state index contributed by atoms with van der Waals surface area (Å²) in [6, 6.07) is 12.4. The lowest BCUT2D eigenvalue weighted by Crippen LogP contribution is -2.39. The van der Waals surface area contributed by atoms with Crippen LogP contribution in [0.15, 0.2) is 48.7 Å². The van der Waals surface area contributed by atoms with E-state index in [0.29, 0.717) is 24.3 Å². The van der Waals surface area contributed by atoms with E-state index >= 15 is 0 Å². The van der Waals surface area contributed by atoms with Crippen LogP contribution < -0.4 is 5.32 Å². The standard InChI is InChI=1S/C19H24N4O2/c1-15(24)16-7-6-9-17(13-16)21-19(25)23(12-11-22(2)3)14-18-8-4-5-10-20-18/h4-10,13H,11-12,14H2,1-3H3,(H,21,25). The Morgan fingerprint density at radius 2 is 1.88 bits per heavy atom. The van der Waals surface area contributed by atoms with Crippen LogP contribution in [0.25, 0.3) is 0 Å². The van der Waals surface area contributed by atoms with E-state index in [0.717, 1.165) is 12.2 Å². The molecule has 0 radical (unpaired) electrons. The fourth-order valence-corrected chi connectivity index (χ4v) is 2.28. The van der Waals surface area contributed by atoms with E-state index in [1.165, 1.54) is 6.92 Å². The first-order valence-electron chi connectivity index (χ1n) is 8.17.